The van der Waals surface area contributed by atoms with E-state index in [0.29, 0.717) is 0 Å². The molecule has 4 aromatic rings. The van der Waals surface area contributed by atoms with Crippen LogP contribution in [0.1, 0.15) is 24.8 Å². The number of sulfonamides is 1. The van der Waals surface area contributed by atoms with Crippen molar-refractivity contribution < 1.29 is 8.42 Å². The number of nitrogens with zero attached hydrogens (tertiary/aromatic N) is 3. The fourth-order valence-corrected chi connectivity index (χ4v) is 5.31. The number of hydrogen-bond acceptors (Lipinski definition) is 5. The van der Waals surface area contributed by atoms with Crippen molar-refractivity contribution in [3.05, 3.63) is 84.6 Å². The van der Waals surface area contributed by atoms with Crippen LogP contribution in [0.2, 0.25) is 0 Å². The second-order valence-corrected chi connectivity index (χ2v) is 10.0. The Morgan fingerprint density at radius 1 is 0.879 bits per heavy atom. The fourth-order valence-electron chi connectivity index (χ4n) is 4.24. The Morgan fingerprint density at radius 3 is 2.52 bits per heavy atom. The zero-order valence-corrected chi connectivity index (χ0v) is 19.1. The topological polar surface area (TPSA) is 75.2 Å². The summed E-state index contributed by atoms with van der Waals surface area (Å²) in [6.45, 7) is 2.28. The highest BCUT2D eigenvalue weighted by atomic mass is 32.2. The summed E-state index contributed by atoms with van der Waals surface area (Å²) < 4.78 is 28.5. The third kappa shape index (κ3) is 4.74. The minimum Gasteiger partial charge on any atom is -0.370 e. The van der Waals surface area contributed by atoms with Gasteiger partial charge in [0.05, 0.1) is 21.8 Å². The number of benzene rings is 2. The second kappa shape index (κ2) is 9.29. The summed E-state index contributed by atoms with van der Waals surface area (Å²) in [5, 5.41) is 0. The average Bonchev–Trinajstić information content (AvgIpc) is 2.88. The van der Waals surface area contributed by atoms with Crippen LogP contribution in [0.25, 0.3) is 22.3 Å². The Hall–Kier alpha value is -3.29. The molecule has 1 fully saturated rings. The van der Waals surface area contributed by atoms with E-state index in [9.17, 15) is 8.42 Å². The van der Waals surface area contributed by atoms with Gasteiger partial charge in [0.2, 0.25) is 10.0 Å². The van der Waals surface area contributed by atoms with Gasteiger partial charge in [0.15, 0.2) is 0 Å². The SMILES string of the molecule is O=S(=O)(NCc1ccccc1)c1cccc(-c2ccc3nccc(N4CCCCC4)c3n2)c1. The Morgan fingerprint density at radius 2 is 1.70 bits per heavy atom. The number of anilines is 1. The molecular formula is C26H26N4O2S. The van der Waals surface area contributed by atoms with Gasteiger partial charge in [-0.2, -0.15) is 0 Å². The summed E-state index contributed by atoms with van der Waals surface area (Å²) in [6.07, 6.45) is 5.45. The molecule has 0 spiro atoms. The lowest BCUT2D eigenvalue weighted by Gasteiger charge is -2.29. The number of aromatic nitrogens is 2. The summed E-state index contributed by atoms with van der Waals surface area (Å²) in [5.74, 6) is 0. The molecule has 0 saturated carbocycles. The molecule has 0 radical (unpaired) electrons. The van der Waals surface area contributed by atoms with Gasteiger partial charge < -0.3 is 4.90 Å². The molecule has 1 aliphatic rings. The van der Waals surface area contributed by atoms with Crippen LogP contribution < -0.4 is 9.62 Å². The summed E-state index contributed by atoms with van der Waals surface area (Å²) >= 11 is 0. The minimum absolute atomic E-state index is 0.222. The summed E-state index contributed by atoms with van der Waals surface area (Å²) in [6, 6.07) is 22.3. The normalized spacial score (nSPS) is 14.5. The lowest BCUT2D eigenvalue weighted by Crippen LogP contribution is -2.29. The van der Waals surface area contributed by atoms with Gasteiger partial charge in [-0.3, -0.25) is 4.98 Å². The van der Waals surface area contributed by atoms with E-state index in [4.69, 9.17) is 4.98 Å². The van der Waals surface area contributed by atoms with Gasteiger partial charge in [0.1, 0.15) is 5.52 Å². The van der Waals surface area contributed by atoms with Crippen LogP contribution in [0.5, 0.6) is 0 Å². The maximum Gasteiger partial charge on any atom is 0.240 e. The van der Waals surface area contributed by atoms with Gasteiger partial charge in [-0.15, -0.1) is 0 Å². The highest BCUT2D eigenvalue weighted by Gasteiger charge is 2.17. The van der Waals surface area contributed by atoms with E-state index in [1.54, 1.807) is 18.2 Å². The fraction of sp³-hybridized carbons (Fsp3) is 0.231. The van der Waals surface area contributed by atoms with Gasteiger partial charge in [-0.25, -0.2) is 18.1 Å². The van der Waals surface area contributed by atoms with Gasteiger partial charge in [-0.1, -0.05) is 42.5 Å². The lowest BCUT2D eigenvalue weighted by atomic mass is 10.1. The number of piperidine rings is 1. The number of nitrogens with one attached hydrogen (secondary N) is 1. The molecule has 1 saturated heterocycles. The molecule has 0 aliphatic carbocycles. The summed E-state index contributed by atoms with van der Waals surface area (Å²) in [4.78, 5) is 12.0. The molecule has 0 amide bonds. The molecule has 0 atom stereocenters. The molecule has 33 heavy (non-hydrogen) atoms. The Balaban J connectivity index is 1.46. The van der Waals surface area contributed by atoms with Crippen molar-refractivity contribution in [2.24, 2.45) is 0 Å². The highest BCUT2D eigenvalue weighted by Crippen LogP contribution is 2.29. The molecule has 6 nitrogen and oxygen atoms in total. The average molecular weight is 459 g/mol. The molecule has 1 N–H and O–H groups in total. The van der Waals surface area contributed by atoms with Crippen LogP contribution in [0, 0.1) is 0 Å². The van der Waals surface area contributed by atoms with E-state index in [-0.39, 0.29) is 11.4 Å². The number of pyridine rings is 2. The molecule has 7 heteroatoms. The van der Waals surface area contributed by atoms with Crippen molar-refractivity contribution in [2.75, 3.05) is 18.0 Å². The molecule has 3 heterocycles. The van der Waals surface area contributed by atoms with Gasteiger partial charge in [0, 0.05) is 31.4 Å². The van der Waals surface area contributed by atoms with Crippen molar-refractivity contribution in [2.45, 2.75) is 30.7 Å². The molecule has 0 unspecified atom stereocenters. The van der Waals surface area contributed by atoms with E-state index in [1.165, 1.54) is 19.3 Å². The van der Waals surface area contributed by atoms with E-state index < -0.39 is 10.0 Å². The predicted octanol–water partition coefficient (Wildman–Crippen LogP) is 4.77. The number of fused-ring (bicyclic) bond motifs is 1. The lowest BCUT2D eigenvalue weighted by molar-refractivity contribution is 0.578. The number of hydrogen-bond donors (Lipinski definition) is 1. The van der Waals surface area contributed by atoms with Crippen LogP contribution in [-0.2, 0) is 16.6 Å². The molecule has 1 aliphatic heterocycles. The monoisotopic (exact) mass is 458 g/mol. The van der Waals surface area contributed by atoms with E-state index >= 15 is 0 Å². The standard InChI is InChI=1S/C26H26N4O2S/c31-33(32,28-19-20-8-3-1-4-9-20)22-11-7-10-21(18-22)23-12-13-24-26(29-23)25(14-15-27-24)30-16-5-2-6-17-30/h1,3-4,7-15,18,28H,2,5-6,16-17,19H2. The van der Waals surface area contributed by atoms with Crippen molar-refractivity contribution >= 4 is 26.7 Å². The zero-order valence-electron chi connectivity index (χ0n) is 18.3. The van der Waals surface area contributed by atoms with Crippen molar-refractivity contribution in [3.8, 4) is 11.3 Å². The largest absolute Gasteiger partial charge is 0.370 e. The molecule has 0 bridgehead atoms. The Labute approximate surface area is 194 Å². The molecule has 2 aromatic heterocycles. The van der Waals surface area contributed by atoms with Crippen LogP contribution in [0.3, 0.4) is 0 Å². The first-order chi connectivity index (χ1) is 16.1. The van der Waals surface area contributed by atoms with E-state index in [2.05, 4.69) is 14.6 Å². The van der Waals surface area contributed by atoms with Crippen molar-refractivity contribution in [3.63, 3.8) is 0 Å². The van der Waals surface area contributed by atoms with Gasteiger partial charge in [0.25, 0.3) is 0 Å². The Kier molecular flexibility index (Phi) is 6.07. The van der Waals surface area contributed by atoms with E-state index in [1.807, 2.05) is 60.8 Å². The maximum atomic E-state index is 12.9. The summed E-state index contributed by atoms with van der Waals surface area (Å²) in [5.41, 5.74) is 5.19. The quantitative estimate of drug-likeness (QED) is 0.451. The first-order valence-corrected chi connectivity index (χ1v) is 12.7. The second-order valence-electron chi connectivity index (χ2n) is 8.28. The van der Waals surface area contributed by atoms with Gasteiger partial charge in [-0.05, 0) is 55.2 Å². The summed E-state index contributed by atoms with van der Waals surface area (Å²) in [7, 11) is -3.66. The molecule has 5 rings (SSSR count). The van der Waals surface area contributed by atoms with Crippen LogP contribution in [0.4, 0.5) is 5.69 Å². The first-order valence-electron chi connectivity index (χ1n) is 11.2. The van der Waals surface area contributed by atoms with Crippen LogP contribution in [0.15, 0.2) is 83.9 Å². The van der Waals surface area contributed by atoms with Crippen molar-refractivity contribution in [1.82, 2.24) is 14.7 Å². The number of rotatable bonds is 6. The molecule has 168 valence electrons. The third-order valence-corrected chi connectivity index (χ3v) is 7.41. The predicted molar refractivity (Wildman–Crippen MR) is 132 cm³/mol. The zero-order chi connectivity index (χ0) is 22.7. The Bertz CT molecular complexity index is 1370. The molecule has 2 aromatic carbocycles. The molecular weight excluding hydrogens is 432 g/mol. The van der Waals surface area contributed by atoms with Crippen LogP contribution >= 0.6 is 0 Å². The third-order valence-electron chi connectivity index (χ3n) is 6.01. The van der Waals surface area contributed by atoms with E-state index in [0.717, 1.165) is 46.6 Å². The minimum atomic E-state index is -3.66. The van der Waals surface area contributed by atoms with Crippen LogP contribution in [-0.4, -0.2) is 31.5 Å². The van der Waals surface area contributed by atoms with Gasteiger partial charge >= 0.3 is 0 Å². The maximum absolute atomic E-state index is 12.9. The van der Waals surface area contributed by atoms with Crippen molar-refractivity contribution in [1.29, 1.82) is 0 Å². The smallest absolute Gasteiger partial charge is 0.240 e. The first kappa shape index (κ1) is 21.6. The highest BCUT2D eigenvalue weighted by molar-refractivity contribution is 7.89.